The van der Waals surface area contributed by atoms with Crippen LogP contribution in [0.1, 0.15) is 6.42 Å². The largest absolute Gasteiger partial charge is 0.381 e. The molecule has 0 bridgehead atoms. The minimum Gasteiger partial charge on any atom is -0.381 e. The zero-order chi connectivity index (χ0) is 14.8. The summed E-state index contributed by atoms with van der Waals surface area (Å²) in [6, 6.07) is 4.18. The number of halogens is 1. The molecule has 1 aliphatic heterocycles. The third-order valence-corrected chi connectivity index (χ3v) is 5.22. The fraction of sp³-hybridized carbons (Fsp3) is 0.455. The summed E-state index contributed by atoms with van der Waals surface area (Å²) >= 11 is 0. The normalized spacial score (nSPS) is 20.1. The van der Waals surface area contributed by atoms with E-state index in [1.54, 1.807) is 0 Å². The highest BCUT2D eigenvalue weighted by Gasteiger charge is 2.22. The Hall–Kier alpha value is -1.03. The van der Waals surface area contributed by atoms with E-state index in [4.69, 9.17) is 4.74 Å². The van der Waals surface area contributed by atoms with Crippen molar-refractivity contribution < 1.29 is 25.5 Å². The second-order valence-electron chi connectivity index (χ2n) is 4.49. The lowest BCUT2D eigenvalue weighted by Crippen LogP contribution is -2.29. The van der Waals surface area contributed by atoms with Crippen molar-refractivity contribution >= 4 is 20.2 Å². The van der Waals surface area contributed by atoms with Gasteiger partial charge in [0.05, 0.1) is 16.4 Å². The highest BCUT2D eigenvalue weighted by atomic mass is 32.3. The van der Waals surface area contributed by atoms with E-state index in [-0.39, 0.29) is 17.4 Å². The molecule has 1 N–H and O–H groups in total. The van der Waals surface area contributed by atoms with E-state index in [1.807, 2.05) is 0 Å². The first-order valence-electron chi connectivity index (χ1n) is 5.91. The Morgan fingerprint density at radius 2 is 1.95 bits per heavy atom. The van der Waals surface area contributed by atoms with Gasteiger partial charge in [0.2, 0.25) is 10.0 Å². The Labute approximate surface area is 117 Å². The van der Waals surface area contributed by atoms with Crippen LogP contribution >= 0.6 is 0 Å². The van der Waals surface area contributed by atoms with Crippen molar-refractivity contribution in [1.29, 1.82) is 0 Å². The van der Waals surface area contributed by atoms with Gasteiger partial charge in [0.1, 0.15) is 0 Å². The van der Waals surface area contributed by atoms with Crippen LogP contribution in [0.3, 0.4) is 0 Å². The average Bonchev–Trinajstić information content (AvgIpc) is 2.89. The molecule has 0 aromatic heterocycles. The molecular formula is C11H14FNO5S2. The van der Waals surface area contributed by atoms with Crippen LogP contribution in [0.15, 0.2) is 34.1 Å². The van der Waals surface area contributed by atoms with Crippen molar-refractivity contribution in [2.75, 3.05) is 19.8 Å². The van der Waals surface area contributed by atoms with Crippen LogP contribution in [-0.4, -0.2) is 36.6 Å². The molecule has 20 heavy (non-hydrogen) atoms. The van der Waals surface area contributed by atoms with Gasteiger partial charge in [-0.15, -0.1) is 3.89 Å². The number of ether oxygens (including phenoxy) is 1. The highest BCUT2D eigenvalue weighted by Crippen LogP contribution is 2.18. The predicted octanol–water partition coefficient (Wildman–Crippen LogP) is 0.660. The predicted molar refractivity (Wildman–Crippen MR) is 68.9 cm³/mol. The Bertz CT molecular complexity index is 681. The maximum absolute atomic E-state index is 12.9. The second-order valence-corrected chi connectivity index (χ2v) is 7.61. The smallest absolute Gasteiger partial charge is 0.332 e. The van der Waals surface area contributed by atoms with Crippen LogP contribution in [-0.2, 0) is 25.0 Å². The van der Waals surface area contributed by atoms with Crippen LogP contribution in [0.4, 0.5) is 3.89 Å². The molecule has 0 spiro atoms. The molecule has 1 atom stereocenters. The van der Waals surface area contributed by atoms with Gasteiger partial charge in [0, 0.05) is 13.2 Å². The lowest BCUT2D eigenvalue weighted by atomic mass is 10.1. The van der Waals surface area contributed by atoms with E-state index in [1.165, 1.54) is 12.1 Å². The summed E-state index contributed by atoms with van der Waals surface area (Å²) in [5, 5.41) is 0. The molecule has 1 saturated heterocycles. The van der Waals surface area contributed by atoms with Gasteiger partial charge in [-0.3, -0.25) is 0 Å². The summed E-state index contributed by atoms with van der Waals surface area (Å²) < 4.78 is 65.9. The molecule has 6 nitrogen and oxygen atoms in total. The maximum Gasteiger partial charge on any atom is 0.332 e. The van der Waals surface area contributed by atoms with Gasteiger partial charge in [-0.25, -0.2) is 13.1 Å². The van der Waals surface area contributed by atoms with E-state index >= 15 is 0 Å². The minimum atomic E-state index is -4.93. The Morgan fingerprint density at radius 3 is 2.55 bits per heavy atom. The van der Waals surface area contributed by atoms with E-state index in [0.717, 1.165) is 18.6 Å². The number of hydrogen-bond acceptors (Lipinski definition) is 5. The number of hydrogen-bond donors (Lipinski definition) is 1. The van der Waals surface area contributed by atoms with E-state index in [2.05, 4.69) is 4.72 Å². The third kappa shape index (κ3) is 3.75. The standard InChI is InChI=1S/C11H14FNO5S2/c12-19(14,15)10-2-1-3-11(6-10)20(16,17)13-7-9-4-5-18-8-9/h1-3,6,9,13H,4-5,7-8H2. The molecule has 1 fully saturated rings. The zero-order valence-corrected chi connectivity index (χ0v) is 12.1. The van der Waals surface area contributed by atoms with Crippen LogP contribution in [0, 0.1) is 5.92 Å². The molecule has 1 unspecified atom stereocenters. The van der Waals surface area contributed by atoms with Gasteiger partial charge >= 0.3 is 10.2 Å². The van der Waals surface area contributed by atoms with Crippen molar-refractivity contribution in [1.82, 2.24) is 4.72 Å². The Morgan fingerprint density at radius 1 is 1.25 bits per heavy atom. The van der Waals surface area contributed by atoms with Gasteiger partial charge in [0.15, 0.2) is 0 Å². The minimum absolute atomic E-state index is 0.0952. The molecule has 1 heterocycles. The molecule has 0 radical (unpaired) electrons. The van der Waals surface area contributed by atoms with Crippen molar-refractivity contribution in [2.45, 2.75) is 16.2 Å². The molecule has 0 amide bonds. The molecule has 112 valence electrons. The number of nitrogens with one attached hydrogen (secondary N) is 1. The maximum atomic E-state index is 12.9. The van der Waals surface area contributed by atoms with Crippen LogP contribution in [0.2, 0.25) is 0 Å². The van der Waals surface area contributed by atoms with Gasteiger partial charge in [-0.05, 0) is 30.5 Å². The lowest BCUT2D eigenvalue weighted by molar-refractivity contribution is 0.186. The van der Waals surface area contributed by atoms with Crippen LogP contribution in [0.5, 0.6) is 0 Å². The van der Waals surface area contributed by atoms with E-state index in [0.29, 0.717) is 13.2 Å². The molecular weight excluding hydrogens is 309 g/mol. The van der Waals surface area contributed by atoms with Crippen molar-refractivity contribution in [3.63, 3.8) is 0 Å². The van der Waals surface area contributed by atoms with Gasteiger partial charge in [0.25, 0.3) is 0 Å². The molecule has 1 aliphatic rings. The first kappa shape index (κ1) is 15.4. The van der Waals surface area contributed by atoms with Crippen molar-refractivity contribution in [3.8, 4) is 0 Å². The van der Waals surface area contributed by atoms with E-state index < -0.39 is 25.1 Å². The van der Waals surface area contributed by atoms with E-state index in [9.17, 15) is 20.7 Å². The van der Waals surface area contributed by atoms with Crippen molar-refractivity contribution in [3.05, 3.63) is 24.3 Å². The first-order valence-corrected chi connectivity index (χ1v) is 8.78. The number of benzene rings is 1. The molecule has 1 aromatic carbocycles. The van der Waals surface area contributed by atoms with Gasteiger partial charge in [-0.2, -0.15) is 8.42 Å². The van der Waals surface area contributed by atoms with Crippen molar-refractivity contribution in [2.24, 2.45) is 5.92 Å². The zero-order valence-electron chi connectivity index (χ0n) is 10.5. The molecule has 9 heteroatoms. The number of sulfonamides is 1. The summed E-state index contributed by atoms with van der Waals surface area (Å²) in [5.41, 5.74) is 0. The first-order chi connectivity index (χ1) is 9.29. The summed E-state index contributed by atoms with van der Waals surface area (Å²) in [4.78, 5) is -0.959. The highest BCUT2D eigenvalue weighted by molar-refractivity contribution is 7.89. The monoisotopic (exact) mass is 323 g/mol. The fourth-order valence-electron chi connectivity index (χ4n) is 1.85. The Balaban J connectivity index is 2.16. The van der Waals surface area contributed by atoms with Gasteiger partial charge in [-0.1, -0.05) is 6.07 Å². The molecule has 1 aromatic rings. The average molecular weight is 323 g/mol. The quantitative estimate of drug-likeness (QED) is 0.804. The van der Waals surface area contributed by atoms with Crippen LogP contribution in [0.25, 0.3) is 0 Å². The summed E-state index contributed by atoms with van der Waals surface area (Å²) in [7, 11) is -8.80. The Kier molecular flexibility index (Phi) is 4.43. The molecule has 0 aliphatic carbocycles. The lowest BCUT2D eigenvalue weighted by Gasteiger charge is -2.10. The third-order valence-electron chi connectivity index (χ3n) is 2.98. The van der Waals surface area contributed by atoms with Crippen LogP contribution < -0.4 is 4.72 Å². The fourth-order valence-corrected chi connectivity index (χ4v) is 3.59. The number of rotatable bonds is 5. The summed E-state index contributed by atoms with van der Waals surface area (Å²) in [5.74, 6) is 0.0952. The molecule has 0 saturated carbocycles. The summed E-state index contributed by atoms with van der Waals surface area (Å²) in [6.07, 6.45) is 0.765. The topological polar surface area (TPSA) is 89.5 Å². The molecule has 2 rings (SSSR count). The second kappa shape index (κ2) is 5.76. The summed E-state index contributed by atoms with van der Waals surface area (Å²) in [6.45, 7) is 1.29. The van der Waals surface area contributed by atoms with Gasteiger partial charge < -0.3 is 4.74 Å². The SMILES string of the molecule is O=S(=O)(F)c1cccc(S(=O)(=O)NCC2CCOC2)c1.